The second-order valence-electron chi connectivity index (χ2n) is 6.06. The molecular weight excluding hydrogens is 342 g/mol. The van der Waals surface area contributed by atoms with Gasteiger partial charge in [0.15, 0.2) is 0 Å². The molecule has 0 bridgehead atoms. The van der Waals surface area contributed by atoms with Gasteiger partial charge in [0.05, 0.1) is 0 Å². The first-order chi connectivity index (χ1) is 12.7. The van der Waals surface area contributed by atoms with Crippen molar-refractivity contribution in [2.45, 2.75) is 25.3 Å². The molecule has 1 amide bonds. The molecule has 0 unspecified atom stereocenters. The van der Waals surface area contributed by atoms with Gasteiger partial charge in [-0.25, -0.2) is 0 Å². The lowest BCUT2D eigenvalue weighted by molar-refractivity contribution is 0.0949. The van der Waals surface area contributed by atoms with Gasteiger partial charge in [0.25, 0.3) is 5.91 Å². The van der Waals surface area contributed by atoms with E-state index >= 15 is 0 Å². The topological polar surface area (TPSA) is 44.4 Å². The second-order valence-corrected chi connectivity index (χ2v) is 6.94. The molecule has 0 fully saturated rings. The van der Waals surface area contributed by atoms with Crippen molar-refractivity contribution < 1.29 is 4.79 Å². The van der Waals surface area contributed by atoms with E-state index in [1.165, 1.54) is 10.5 Å². The highest BCUT2D eigenvalue weighted by Gasteiger charge is 2.06. The molecular formula is C21H29N3OS. The fourth-order valence-corrected chi connectivity index (χ4v) is 3.06. The number of hydrogen-bond acceptors (Lipinski definition) is 4. The quantitative estimate of drug-likeness (QED) is 0.618. The molecule has 0 aromatic heterocycles. The summed E-state index contributed by atoms with van der Waals surface area (Å²) in [6.45, 7) is 8.60. The number of likely N-dealkylation sites (N-methyl/N-ethyl adjacent to an activating group) is 1. The Kier molecular flexibility index (Phi) is 8.51. The number of carbonyl (C=O) groups is 1. The molecule has 5 heteroatoms. The molecule has 4 nitrogen and oxygen atoms in total. The number of carbonyl (C=O) groups excluding carboxylic acids is 1. The van der Waals surface area contributed by atoms with Gasteiger partial charge < -0.3 is 15.5 Å². The van der Waals surface area contributed by atoms with E-state index in [1.54, 1.807) is 11.8 Å². The molecule has 0 spiro atoms. The van der Waals surface area contributed by atoms with Crippen LogP contribution in [0.3, 0.4) is 0 Å². The summed E-state index contributed by atoms with van der Waals surface area (Å²) in [4.78, 5) is 15.8. The first-order valence-electron chi connectivity index (χ1n) is 9.13. The highest BCUT2D eigenvalue weighted by atomic mass is 32.2. The van der Waals surface area contributed by atoms with Crippen LogP contribution >= 0.6 is 11.8 Å². The van der Waals surface area contributed by atoms with Gasteiger partial charge in [0.1, 0.15) is 0 Å². The highest BCUT2D eigenvalue weighted by molar-refractivity contribution is 7.98. The molecule has 0 aliphatic carbocycles. The lowest BCUT2D eigenvalue weighted by Gasteiger charge is -2.18. The predicted molar refractivity (Wildman–Crippen MR) is 112 cm³/mol. The largest absolute Gasteiger partial charge is 0.381 e. The minimum absolute atomic E-state index is 0.0173. The molecule has 0 aliphatic heterocycles. The smallest absolute Gasteiger partial charge is 0.251 e. The van der Waals surface area contributed by atoms with Crippen molar-refractivity contribution in [2.24, 2.45) is 0 Å². The summed E-state index contributed by atoms with van der Waals surface area (Å²) in [6.07, 6.45) is 2.08. The van der Waals surface area contributed by atoms with Crippen molar-refractivity contribution in [2.75, 3.05) is 37.8 Å². The van der Waals surface area contributed by atoms with E-state index in [1.807, 2.05) is 24.3 Å². The van der Waals surface area contributed by atoms with Crippen molar-refractivity contribution in [1.29, 1.82) is 0 Å². The van der Waals surface area contributed by atoms with Gasteiger partial charge >= 0.3 is 0 Å². The highest BCUT2D eigenvalue weighted by Crippen LogP contribution is 2.16. The third-order valence-corrected chi connectivity index (χ3v) is 5.15. The summed E-state index contributed by atoms with van der Waals surface area (Å²) in [5, 5.41) is 6.38. The Hall–Kier alpha value is -1.98. The minimum Gasteiger partial charge on any atom is -0.381 e. The molecule has 140 valence electrons. The van der Waals surface area contributed by atoms with Crippen LogP contribution in [0.5, 0.6) is 0 Å². The minimum atomic E-state index is -0.0173. The van der Waals surface area contributed by atoms with Crippen molar-refractivity contribution in [3.63, 3.8) is 0 Å². The van der Waals surface area contributed by atoms with Gasteiger partial charge in [0, 0.05) is 35.8 Å². The van der Waals surface area contributed by atoms with E-state index < -0.39 is 0 Å². The van der Waals surface area contributed by atoms with Gasteiger partial charge in [-0.3, -0.25) is 4.79 Å². The zero-order valence-electron chi connectivity index (χ0n) is 15.9. The Labute approximate surface area is 161 Å². The maximum atomic E-state index is 12.2. The number of rotatable bonds is 10. The van der Waals surface area contributed by atoms with E-state index in [0.29, 0.717) is 12.1 Å². The van der Waals surface area contributed by atoms with Crippen LogP contribution in [0.25, 0.3) is 0 Å². The summed E-state index contributed by atoms with van der Waals surface area (Å²) in [5.74, 6) is -0.0173. The van der Waals surface area contributed by atoms with Crippen LogP contribution in [0.15, 0.2) is 53.4 Å². The van der Waals surface area contributed by atoms with Crippen LogP contribution in [0.4, 0.5) is 5.69 Å². The number of nitrogens with one attached hydrogen (secondary N) is 2. The molecule has 26 heavy (non-hydrogen) atoms. The third-order valence-electron chi connectivity index (χ3n) is 4.41. The molecule has 2 N–H and O–H groups in total. The van der Waals surface area contributed by atoms with Gasteiger partial charge in [-0.1, -0.05) is 26.0 Å². The molecule has 2 aromatic carbocycles. The summed E-state index contributed by atoms with van der Waals surface area (Å²) in [6, 6.07) is 16.2. The van der Waals surface area contributed by atoms with Crippen molar-refractivity contribution in [3.8, 4) is 0 Å². The SMILES string of the molecule is CCN(CC)CCNC(=O)c1ccc(NCc2ccc(SC)cc2)cc1. The van der Waals surface area contributed by atoms with Crippen LogP contribution in [-0.2, 0) is 6.54 Å². The van der Waals surface area contributed by atoms with E-state index in [-0.39, 0.29) is 5.91 Å². The molecule has 0 heterocycles. The van der Waals surface area contributed by atoms with Gasteiger partial charge in [-0.2, -0.15) is 0 Å². The van der Waals surface area contributed by atoms with E-state index in [0.717, 1.165) is 31.9 Å². The monoisotopic (exact) mass is 371 g/mol. The van der Waals surface area contributed by atoms with Crippen LogP contribution in [0, 0.1) is 0 Å². The van der Waals surface area contributed by atoms with Crippen LogP contribution in [-0.4, -0.2) is 43.2 Å². The zero-order valence-corrected chi connectivity index (χ0v) is 16.7. The summed E-state index contributed by atoms with van der Waals surface area (Å²) in [5.41, 5.74) is 2.94. The van der Waals surface area contributed by atoms with E-state index in [9.17, 15) is 4.79 Å². The first kappa shape index (κ1) is 20.3. The summed E-state index contributed by atoms with van der Waals surface area (Å²) < 4.78 is 0. The number of amides is 1. The third kappa shape index (κ3) is 6.39. The van der Waals surface area contributed by atoms with E-state index in [4.69, 9.17) is 0 Å². The molecule has 0 aliphatic rings. The van der Waals surface area contributed by atoms with Crippen LogP contribution in [0.2, 0.25) is 0 Å². The number of thioether (sulfide) groups is 1. The Balaban J connectivity index is 1.80. The van der Waals surface area contributed by atoms with Gasteiger partial charge in [-0.05, 0) is 61.3 Å². The average molecular weight is 372 g/mol. The van der Waals surface area contributed by atoms with Crippen LogP contribution in [0.1, 0.15) is 29.8 Å². The maximum absolute atomic E-state index is 12.2. The zero-order chi connectivity index (χ0) is 18.8. The number of benzene rings is 2. The Morgan fingerprint density at radius 3 is 2.23 bits per heavy atom. The summed E-state index contributed by atoms with van der Waals surface area (Å²) in [7, 11) is 0. The normalized spacial score (nSPS) is 10.8. The van der Waals surface area contributed by atoms with Crippen LogP contribution < -0.4 is 10.6 Å². The molecule has 0 radical (unpaired) electrons. The van der Waals surface area contributed by atoms with E-state index in [2.05, 4.69) is 59.9 Å². The van der Waals surface area contributed by atoms with Crippen molar-refractivity contribution >= 4 is 23.4 Å². The maximum Gasteiger partial charge on any atom is 0.251 e. The molecule has 2 aromatic rings. The Morgan fingerprint density at radius 1 is 1.00 bits per heavy atom. The molecule has 0 saturated carbocycles. The average Bonchev–Trinajstić information content (AvgIpc) is 2.70. The number of anilines is 1. The predicted octanol–water partition coefficient (Wildman–Crippen LogP) is 4.09. The van der Waals surface area contributed by atoms with Gasteiger partial charge in [0.2, 0.25) is 0 Å². The number of nitrogens with zero attached hydrogens (tertiary/aromatic N) is 1. The molecule has 0 atom stereocenters. The fraction of sp³-hybridized carbons (Fsp3) is 0.381. The standard InChI is InChI=1S/C21H29N3OS/c1-4-24(5-2)15-14-22-21(25)18-8-10-19(11-9-18)23-16-17-6-12-20(26-3)13-7-17/h6-13,23H,4-5,14-16H2,1-3H3,(H,22,25). The second kappa shape index (κ2) is 10.9. The van der Waals surface area contributed by atoms with Gasteiger partial charge in [-0.15, -0.1) is 11.8 Å². The lowest BCUT2D eigenvalue weighted by Crippen LogP contribution is -2.34. The first-order valence-corrected chi connectivity index (χ1v) is 10.4. The number of hydrogen-bond donors (Lipinski definition) is 2. The summed E-state index contributed by atoms with van der Waals surface area (Å²) >= 11 is 1.74. The Morgan fingerprint density at radius 2 is 1.65 bits per heavy atom. The fourth-order valence-electron chi connectivity index (χ4n) is 2.66. The molecule has 2 rings (SSSR count). The Bertz CT molecular complexity index is 667. The van der Waals surface area contributed by atoms with Crippen molar-refractivity contribution in [3.05, 3.63) is 59.7 Å². The molecule has 0 saturated heterocycles. The lowest BCUT2D eigenvalue weighted by atomic mass is 10.2. The van der Waals surface area contributed by atoms with Crippen molar-refractivity contribution in [1.82, 2.24) is 10.2 Å².